The van der Waals surface area contributed by atoms with E-state index in [2.05, 4.69) is 22.0 Å². The van der Waals surface area contributed by atoms with Gasteiger partial charge in [-0.15, -0.1) is 0 Å². The van der Waals surface area contributed by atoms with Gasteiger partial charge in [0.25, 0.3) is 0 Å². The highest BCUT2D eigenvalue weighted by molar-refractivity contribution is 9.10. The van der Waals surface area contributed by atoms with Gasteiger partial charge in [0.1, 0.15) is 0 Å². The van der Waals surface area contributed by atoms with Crippen molar-refractivity contribution < 1.29 is 13.2 Å². The van der Waals surface area contributed by atoms with Gasteiger partial charge in [0.15, 0.2) is 0 Å². The molecule has 1 aromatic rings. The van der Waals surface area contributed by atoms with Gasteiger partial charge in [-0.05, 0) is 37.0 Å². The van der Waals surface area contributed by atoms with Crippen LogP contribution in [0.2, 0.25) is 0 Å². The molecule has 1 saturated carbocycles. The van der Waals surface area contributed by atoms with Crippen LogP contribution in [0.5, 0.6) is 0 Å². The molecule has 1 aliphatic rings. The predicted octanol–water partition coefficient (Wildman–Crippen LogP) is 4.41. The van der Waals surface area contributed by atoms with Crippen LogP contribution >= 0.6 is 15.9 Å². The van der Waals surface area contributed by atoms with Gasteiger partial charge in [0.05, 0.1) is 17.0 Å². The molecule has 0 N–H and O–H groups in total. The number of halogens is 4. The maximum absolute atomic E-state index is 12.5. The Morgan fingerprint density at radius 1 is 1.29 bits per heavy atom. The lowest BCUT2D eigenvalue weighted by atomic mass is 9.65. The Morgan fingerprint density at radius 3 is 2.29 bits per heavy atom. The molecule has 0 aliphatic heterocycles. The van der Waals surface area contributed by atoms with E-state index in [0.29, 0.717) is 22.9 Å². The van der Waals surface area contributed by atoms with Crippen molar-refractivity contribution in [2.45, 2.75) is 30.9 Å². The molecule has 1 fully saturated rings. The molecule has 0 saturated heterocycles. The van der Waals surface area contributed by atoms with Crippen LogP contribution in [0.3, 0.4) is 0 Å². The number of nitriles is 1. The molecule has 0 amide bonds. The van der Waals surface area contributed by atoms with Crippen LogP contribution in [-0.4, -0.2) is 0 Å². The summed E-state index contributed by atoms with van der Waals surface area (Å²) in [4.78, 5) is 0. The Hall–Kier alpha value is -1.02. The van der Waals surface area contributed by atoms with Gasteiger partial charge < -0.3 is 0 Å². The van der Waals surface area contributed by atoms with Crippen molar-refractivity contribution in [3.8, 4) is 6.07 Å². The molecule has 1 aromatic carbocycles. The first kappa shape index (κ1) is 12.4. The van der Waals surface area contributed by atoms with Gasteiger partial charge in [-0.2, -0.15) is 18.4 Å². The van der Waals surface area contributed by atoms with E-state index in [-0.39, 0.29) is 0 Å². The first-order chi connectivity index (χ1) is 7.89. The fourth-order valence-corrected chi connectivity index (χ4v) is 2.81. The molecule has 1 aliphatic carbocycles. The molecule has 5 heteroatoms. The van der Waals surface area contributed by atoms with Crippen LogP contribution in [0.1, 0.15) is 30.4 Å². The number of hydrogen-bond acceptors (Lipinski definition) is 1. The van der Waals surface area contributed by atoms with E-state index in [1.54, 1.807) is 0 Å². The summed E-state index contributed by atoms with van der Waals surface area (Å²) < 4.78 is 37.8. The van der Waals surface area contributed by atoms with E-state index >= 15 is 0 Å². The van der Waals surface area contributed by atoms with E-state index in [1.165, 1.54) is 6.07 Å². The normalized spacial score (nSPS) is 18.3. The second kappa shape index (κ2) is 4.02. The molecule has 0 bridgehead atoms. The summed E-state index contributed by atoms with van der Waals surface area (Å²) in [5.41, 5.74) is -0.622. The Bertz CT molecular complexity index is 484. The average molecular weight is 304 g/mol. The second-order valence-electron chi connectivity index (χ2n) is 4.24. The highest BCUT2D eigenvalue weighted by atomic mass is 79.9. The standard InChI is InChI=1S/C12H9BrF3N/c13-10-6-8(12(14,15)16)2-3-9(10)11(7-17)4-1-5-11/h2-3,6H,1,4-5H2. The fraction of sp³-hybridized carbons (Fsp3) is 0.417. The smallest absolute Gasteiger partial charge is 0.197 e. The van der Waals surface area contributed by atoms with Crippen LogP contribution in [0.25, 0.3) is 0 Å². The summed E-state index contributed by atoms with van der Waals surface area (Å²) in [6.45, 7) is 0. The first-order valence-electron chi connectivity index (χ1n) is 5.17. The van der Waals surface area contributed by atoms with Gasteiger partial charge in [-0.25, -0.2) is 0 Å². The lowest BCUT2D eigenvalue weighted by molar-refractivity contribution is -0.137. The van der Waals surface area contributed by atoms with Crippen LogP contribution < -0.4 is 0 Å². The third kappa shape index (κ3) is 2.06. The van der Waals surface area contributed by atoms with Gasteiger partial charge in [0.2, 0.25) is 0 Å². The number of nitrogens with zero attached hydrogens (tertiary/aromatic N) is 1. The maximum Gasteiger partial charge on any atom is 0.416 e. The number of alkyl halides is 3. The lowest BCUT2D eigenvalue weighted by Crippen LogP contribution is -2.32. The molecule has 0 spiro atoms. The molecular weight excluding hydrogens is 295 g/mol. The Balaban J connectivity index is 2.43. The highest BCUT2D eigenvalue weighted by Crippen LogP contribution is 2.46. The van der Waals surface area contributed by atoms with Crippen molar-refractivity contribution in [1.82, 2.24) is 0 Å². The molecule has 0 heterocycles. The third-order valence-corrected chi connectivity index (χ3v) is 3.89. The van der Waals surface area contributed by atoms with E-state index in [1.807, 2.05) is 0 Å². The Morgan fingerprint density at radius 2 is 1.94 bits per heavy atom. The topological polar surface area (TPSA) is 23.8 Å². The van der Waals surface area contributed by atoms with Crippen LogP contribution in [0, 0.1) is 11.3 Å². The van der Waals surface area contributed by atoms with Crippen LogP contribution in [0.15, 0.2) is 22.7 Å². The zero-order valence-electron chi connectivity index (χ0n) is 8.81. The Kier molecular flexibility index (Phi) is 2.94. The lowest BCUT2D eigenvalue weighted by Gasteiger charge is -2.36. The van der Waals surface area contributed by atoms with Crippen molar-refractivity contribution in [3.63, 3.8) is 0 Å². The highest BCUT2D eigenvalue weighted by Gasteiger charge is 2.41. The van der Waals surface area contributed by atoms with Crippen molar-refractivity contribution in [2.24, 2.45) is 0 Å². The minimum absolute atomic E-state index is 0.369. The predicted molar refractivity (Wildman–Crippen MR) is 60.3 cm³/mol. The van der Waals surface area contributed by atoms with Gasteiger partial charge in [0, 0.05) is 4.47 Å². The van der Waals surface area contributed by atoms with E-state index < -0.39 is 17.2 Å². The van der Waals surface area contributed by atoms with E-state index in [0.717, 1.165) is 18.6 Å². The van der Waals surface area contributed by atoms with E-state index in [4.69, 9.17) is 5.26 Å². The largest absolute Gasteiger partial charge is 0.416 e. The van der Waals surface area contributed by atoms with E-state index in [9.17, 15) is 13.2 Å². The molecule has 0 aromatic heterocycles. The summed E-state index contributed by atoms with van der Waals surface area (Å²) >= 11 is 3.14. The molecule has 2 rings (SSSR count). The fourth-order valence-electron chi connectivity index (χ4n) is 2.05. The monoisotopic (exact) mass is 303 g/mol. The molecular formula is C12H9BrF3N. The van der Waals surface area contributed by atoms with Gasteiger partial charge in [-0.1, -0.05) is 22.0 Å². The zero-order chi connectivity index (χ0) is 12.7. The first-order valence-corrected chi connectivity index (χ1v) is 5.97. The molecule has 1 nitrogen and oxygen atoms in total. The summed E-state index contributed by atoms with van der Waals surface area (Å²) in [5, 5.41) is 9.15. The summed E-state index contributed by atoms with van der Waals surface area (Å²) in [6, 6.07) is 5.72. The van der Waals surface area contributed by atoms with Crippen molar-refractivity contribution in [1.29, 1.82) is 5.26 Å². The second-order valence-corrected chi connectivity index (χ2v) is 5.09. The average Bonchev–Trinajstić information content (AvgIpc) is 2.17. The van der Waals surface area contributed by atoms with Crippen LogP contribution in [0.4, 0.5) is 13.2 Å². The minimum atomic E-state index is -4.35. The molecule has 90 valence electrons. The maximum atomic E-state index is 12.5. The zero-order valence-corrected chi connectivity index (χ0v) is 10.4. The molecule has 0 radical (unpaired) electrons. The molecule has 17 heavy (non-hydrogen) atoms. The number of benzene rings is 1. The van der Waals surface area contributed by atoms with Crippen LogP contribution in [-0.2, 0) is 11.6 Å². The quantitative estimate of drug-likeness (QED) is 0.754. The van der Waals surface area contributed by atoms with Gasteiger partial charge in [-0.3, -0.25) is 0 Å². The summed E-state index contributed by atoms with van der Waals surface area (Å²) in [7, 11) is 0. The van der Waals surface area contributed by atoms with Crippen molar-refractivity contribution in [3.05, 3.63) is 33.8 Å². The minimum Gasteiger partial charge on any atom is -0.197 e. The number of hydrogen-bond donors (Lipinski definition) is 0. The molecule has 0 atom stereocenters. The summed E-state index contributed by atoms with van der Waals surface area (Å²) in [5.74, 6) is 0. The van der Waals surface area contributed by atoms with Gasteiger partial charge >= 0.3 is 6.18 Å². The SMILES string of the molecule is N#CC1(c2ccc(C(F)(F)F)cc2Br)CCC1. The molecule has 0 unspecified atom stereocenters. The Labute approximate surface area is 105 Å². The number of rotatable bonds is 1. The third-order valence-electron chi connectivity index (χ3n) is 3.23. The summed E-state index contributed by atoms with van der Waals surface area (Å²) in [6.07, 6.45) is -1.97. The van der Waals surface area contributed by atoms with Crippen molar-refractivity contribution in [2.75, 3.05) is 0 Å². The van der Waals surface area contributed by atoms with Crippen molar-refractivity contribution >= 4 is 15.9 Å².